The number of phenolic OH excluding ortho intramolecular Hbond substituents is 1. The summed E-state index contributed by atoms with van der Waals surface area (Å²) in [6, 6.07) is 25.0. The third-order valence-electron chi connectivity index (χ3n) is 5.46. The summed E-state index contributed by atoms with van der Waals surface area (Å²) in [6.45, 7) is 0.408. The molecule has 0 aliphatic carbocycles. The van der Waals surface area contributed by atoms with Crippen molar-refractivity contribution in [1.82, 2.24) is 4.98 Å². The molecule has 2 amide bonds. The number of benzene rings is 3. The van der Waals surface area contributed by atoms with E-state index >= 15 is 0 Å². The van der Waals surface area contributed by atoms with Crippen molar-refractivity contribution in [2.75, 3.05) is 15.5 Å². The second-order valence-electron chi connectivity index (χ2n) is 7.59. The highest BCUT2D eigenvalue weighted by Crippen LogP contribution is 2.36. The number of nitrogens with zero attached hydrogens (tertiary/aromatic N) is 2. The number of carbonyl (C=O) groups is 2. The molecule has 0 saturated carbocycles. The maximum absolute atomic E-state index is 13.5. The molecule has 162 valence electrons. The van der Waals surface area contributed by atoms with Gasteiger partial charge in [0, 0.05) is 11.9 Å². The van der Waals surface area contributed by atoms with Gasteiger partial charge in [-0.1, -0.05) is 42.5 Å². The second-order valence-corrected chi connectivity index (χ2v) is 7.59. The van der Waals surface area contributed by atoms with Gasteiger partial charge in [0.05, 0.1) is 29.0 Å². The van der Waals surface area contributed by atoms with Crippen molar-refractivity contribution >= 4 is 34.7 Å². The Morgan fingerprint density at radius 1 is 0.879 bits per heavy atom. The molecule has 0 atom stereocenters. The number of nitrogens with one attached hydrogen (secondary N) is 2. The van der Waals surface area contributed by atoms with Gasteiger partial charge in [0.2, 0.25) is 0 Å². The minimum Gasteiger partial charge on any atom is -0.507 e. The zero-order chi connectivity index (χ0) is 22.8. The van der Waals surface area contributed by atoms with Crippen LogP contribution in [0.2, 0.25) is 0 Å². The summed E-state index contributed by atoms with van der Waals surface area (Å²) in [5.41, 5.74) is 4.12. The number of carbonyl (C=O) groups excluding carboxylic acids is 2. The van der Waals surface area contributed by atoms with E-state index in [1.165, 1.54) is 18.3 Å². The van der Waals surface area contributed by atoms with Crippen molar-refractivity contribution in [3.05, 3.63) is 108 Å². The van der Waals surface area contributed by atoms with Crippen LogP contribution in [0.5, 0.6) is 5.75 Å². The van der Waals surface area contributed by atoms with Crippen LogP contribution in [0.1, 0.15) is 26.3 Å². The maximum atomic E-state index is 13.5. The van der Waals surface area contributed by atoms with Crippen molar-refractivity contribution in [3.63, 3.8) is 0 Å². The number of fused-ring (bicyclic) bond motifs is 2. The number of aromatic hydroxyl groups is 1. The third-order valence-corrected chi connectivity index (χ3v) is 5.46. The Labute approximate surface area is 190 Å². The molecule has 0 saturated heterocycles. The van der Waals surface area contributed by atoms with E-state index in [9.17, 15) is 14.7 Å². The highest BCUT2D eigenvalue weighted by Gasteiger charge is 2.25. The number of rotatable bonds is 3. The van der Waals surface area contributed by atoms with Gasteiger partial charge in [0.25, 0.3) is 11.8 Å². The third kappa shape index (κ3) is 3.99. The highest BCUT2D eigenvalue weighted by molar-refractivity contribution is 6.09. The Morgan fingerprint density at radius 2 is 1.61 bits per heavy atom. The van der Waals surface area contributed by atoms with Crippen LogP contribution < -0.4 is 15.5 Å². The Hall–Kier alpha value is -4.65. The first-order valence-electron chi connectivity index (χ1n) is 10.4. The summed E-state index contributed by atoms with van der Waals surface area (Å²) in [4.78, 5) is 31.8. The van der Waals surface area contributed by atoms with Crippen LogP contribution in [0.15, 0.2) is 91.1 Å². The number of aromatic nitrogens is 1. The van der Waals surface area contributed by atoms with Gasteiger partial charge >= 0.3 is 0 Å². The molecule has 0 radical (unpaired) electrons. The number of phenols is 1. The summed E-state index contributed by atoms with van der Waals surface area (Å²) >= 11 is 0. The molecule has 3 N–H and O–H groups in total. The van der Waals surface area contributed by atoms with E-state index in [0.29, 0.717) is 12.1 Å². The first kappa shape index (κ1) is 20.3. The molecule has 7 heteroatoms. The van der Waals surface area contributed by atoms with Gasteiger partial charge in [-0.15, -0.1) is 0 Å². The predicted octanol–water partition coefficient (Wildman–Crippen LogP) is 4.94. The normalized spacial score (nSPS) is 12.1. The molecule has 4 aromatic rings. The van der Waals surface area contributed by atoms with Crippen molar-refractivity contribution in [1.29, 1.82) is 0 Å². The van der Waals surface area contributed by atoms with Gasteiger partial charge in [0.1, 0.15) is 11.6 Å². The molecular formula is C26H20N4O3. The number of amides is 2. The fraction of sp³-hybridized carbons (Fsp3) is 0.0385. The average molecular weight is 436 g/mol. The van der Waals surface area contributed by atoms with E-state index in [1.54, 1.807) is 29.2 Å². The number of anilines is 4. The van der Waals surface area contributed by atoms with Crippen LogP contribution in [0, 0.1) is 0 Å². The lowest BCUT2D eigenvalue weighted by Gasteiger charge is -2.22. The van der Waals surface area contributed by atoms with E-state index in [1.807, 2.05) is 48.5 Å². The Kier molecular flexibility index (Phi) is 5.20. The fourth-order valence-corrected chi connectivity index (χ4v) is 3.78. The van der Waals surface area contributed by atoms with Crippen LogP contribution in [0.4, 0.5) is 22.9 Å². The van der Waals surface area contributed by atoms with E-state index < -0.39 is 5.91 Å². The van der Waals surface area contributed by atoms with Crippen molar-refractivity contribution < 1.29 is 14.7 Å². The minimum absolute atomic E-state index is 0.115. The zero-order valence-corrected chi connectivity index (χ0v) is 17.5. The van der Waals surface area contributed by atoms with E-state index in [4.69, 9.17) is 0 Å². The van der Waals surface area contributed by atoms with Gasteiger partial charge in [-0.25, -0.2) is 4.98 Å². The molecule has 1 aliphatic heterocycles. The summed E-state index contributed by atoms with van der Waals surface area (Å²) < 4.78 is 0. The molecular weight excluding hydrogens is 416 g/mol. The molecule has 0 bridgehead atoms. The number of pyridine rings is 1. The molecule has 2 heterocycles. The SMILES string of the molecule is O=C(Nc1ccc(C(=O)N2Cc3ccccc3Nc3ccccc32)cn1)c1ccccc1O. The Morgan fingerprint density at radius 3 is 2.39 bits per heavy atom. The molecule has 1 aliphatic rings. The lowest BCUT2D eigenvalue weighted by atomic mass is 10.1. The molecule has 5 rings (SSSR count). The van der Waals surface area contributed by atoms with Gasteiger partial charge in [0.15, 0.2) is 0 Å². The lowest BCUT2D eigenvalue weighted by Crippen LogP contribution is -2.30. The summed E-state index contributed by atoms with van der Waals surface area (Å²) in [6.07, 6.45) is 1.44. The van der Waals surface area contributed by atoms with E-state index in [2.05, 4.69) is 15.6 Å². The second kappa shape index (κ2) is 8.47. The van der Waals surface area contributed by atoms with E-state index in [-0.39, 0.29) is 23.0 Å². The Bertz CT molecular complexity index is 1350. The van der Waals surface area contributed by atoms with Crippen LogP contribution >= 0.6 is 0 Å². The molecule has 0 unspecified atom stereocenters. The Balaban J connectivity index is 1.40. The van der Waals surface area contributed by atoms with Gasteiger partial charge < -0.3 is 20.6 Å². The van der Waals surface area contributed by atoms with Crippen LogP contribution in [0.25, 0.3) is 0 Å². The fourth-order valence-electron chi connectivity index (χ4n) is 3.78. The molecule has 0 fully saturated rings. The van der Waals surface area contributed by atoms with Gasteiger partial charge in [-0.2, -0.15) is 0 Å². The summed E-state index contributed by atoms with van der Waals surface area (Å²) in [7, 11) is 0. The number of para-hydroxylation sites is 4. The topological polar surface area (TPSA) is 94.6 Å². The standard InChI is InChI=1S/C26H20N4O3/c31-23-12-6-2-8-19(23)25(32)29-24-14-13-17(15-27-24)26(33)30-16-18-7-1-3-9-20(18)28-21-10-4-5-11-22(21)30/h1-15,28,31H,16H2,(H,27,29,32). The monoisotopic (exact) mass is 436 g/mol. The van der Waals surface area contributed by atoms with Crippen molar-refractivity contribution in [2.45, 2.75) is 6.54 Å². The highest BCUT2D eigenvalue weighted by atomic mass is 16.3. The van der Waals surface area contributed by atoms with Gasteiger partial charge in [-0.3, -0.25) is 9.59 Å². The molecule has 0 spiro atoms. The molecule has 1 aromatic heterocycles. The summed E-state index contributed by atoms with van der Waals surface area (Å²) in [5.74, 6) is -0.519. The lowest BCUT2D eigenvalue weighted by molar-refractivity contribution is 0.0984. The number of hydrogen-bond donors (Lipinski definition) is 3. The van der Waals surface area contributed by atoms with Gasteiger partial charge in [-0.05, 0) is 48.0 Å². The van der Waals surface area contributed by atoms with Crippen LogP contribution in [-0.4, -0.2) is 21.9 Å². The van der Waals surface area contributed by atoms with Crippen LogP contribution in [0.3, 0.4) is 0 Å². The van der Waals surface area contributed by atoms with E-state index in [0.717, 1.165) is 22.6 Å². The zero-order valence-electron chi connectivity index (χ0n) is 17.5. The first-order chi connectivity index (χ1) is 16.1. The molecule has 7 nitrogen and oxygen atoms in total. The van der Waals surface area contributed by atoms with Crippen LogP contribution in [-0.2, 0) is 6.54 Å². The van der Waals surface area contributed by atoms with Crippen molar-refractivity contribution in [3.8, 4) is 5.75 Å². The number of hydrogen-bond acceptors (Lipinski definition) is 5. The quantitative estimate of drug-likeness (QED) is 0.423. The smallest absolute Gasteiger partial charge is 0.260 e. The first-order valence-corrected chi connectivity index (χ1v) is 10.4. The summed E-state index contributed by atoms with van der Waals surface area (Å²) in [5, 5.41) is 15.9. The molecule has 33 heavy (non-hydrogen) atoms. The minimum atomic E-state index is -0.483. The largest absolute Gasteiger partial charge is 0.507 e. The maximum Gasteiger partial charge on any atom is 0.260 e. The molecule has 3 aromatic carbocycles. The predicted molar refractivity (Wildman–Crippen MR) is 127 cm³/mol. The average Bonchev–Trinajstić information content (AvgIpc) is 3.01. The van der Waals surface area contributed by atoms with Crippen molar-refractivity contribution in [2.24, 2.45) is 0 Å².